The number of fused-ring (bicyclic) bond motifs is 1. The van der Waals surface area contributed by atoms with E-state index in [1.807, 2.05) is 24.3 Å². The van der Waals surface area contributed by atoms with Gasteiger partial charge < -0.3 is 14.8 Å². The summed E-state index contributed by atoms with van der Waals surface area (Å²) in [6.45, 7) is 5.34. The highest BCUT2D eigenvalue weighted by Crippen LogP contribution is 2.42. The molecule has 1 N–H and O–H groups in total. The van der Waals surface area contributed by atoms with E-state index >= 15 is 0 Å². The number of rotatable bonds is 9. The van der Waals surface area contributed by atoms with Gasteiger partial charge in [0.05, 0.1) is 18.0 Å². The second kappa shape index (κ2) is 11.2. The summed E-state index contributed by atoms with van der Waals surface area (Å²) in [4.78, 5) is 13.4. The van der Waals surface area contributed by atoms with Crippen molar-refractivity contribution in [2.24, 2.45) is 0 Å². The summed E-state index contributed by atoms with van der Waals surface area (Å²) in [5, 5.41) is 3.22. The van der Waals surface area contributed by atoms with Crippen LogP contribution in [-0.2, 0) is 21.2 Å². The Bertz CT molecular complexity index is 1170. The number of nitrogens with zero attached hydrogens (tertiary/aromatic N) is 1. The van der Waals surface area contributed by atoms with E-state index in [1.54, 1.807) is 29.6 Å². The molecule has 0 aliphatic carbocycles. The predicted octanol–water partition coefficient (Wildman–Crippen LogP) is 5.00. The maximum Gasteiger partial charge on any atom is 0.243 e. The molecular formula is C28H38N2O5S. The quantitative estimate of drug-likeness (QED) is 0.509. The third-order valence-electron chi connectivity index (χ3n) is 7.65. The molecule has 2 aromatic carbocycles. The van der Waals surface area contributed by atoms with Crippen molar-refractivity contribution >= 4 is 15.9 Å². The van der Waals surface area contributed by atoms with E-state index in [9.17, 15) is 13.2 Å². The van der Waals surface area contributed by atoms with Crippen molar-refractivity contribution in [3.05, 3.63) is 53.6 Å². The molecule has 4 rings (SSSR count). The molecule has 1 saturated heterocycles. The molecule has 7 nitrogen and oxygen atoms in total. The Morgan fingerprint density at radius 3 is 2.53 bits per heavy atom. The minimum Gasteiger partial charge on any atom is -0.496 e. The van der Waals surface area contributed by atoms with E-state index in [4.69, 9.17) is 9.47 Å². The van der Waals surface area contributed by atoms with E-state index < -0.39 is 10.0 Å². The first-order valence-electron chi connectivity index (χ1n) is 13.1. The third kappa shape index (κ3) is 5.54. The smallest absolute Gasteiger partial charge is 0.243 e. The highest BCUT2D eigenvalue weighted by Gasteiger charge is 2.39. The fourth-order valence-electron chi connectivity index (χ4n) is 5.31. The van der Waals surface area contributed by atoms with Gasteiger partial charge >= 0.3 is 0 Å². The molecule has 0 aromatic heterocycles. The summed E-state index contributed by atoms with van der Waals surface area (Å²) in [6, 6.07) is 12.7. The molecule has 36 heavy (non-hydrogen) atoms. The van der Waals surface area contributed by atoms with E-state index in [-0.39, 0.29) is 28.9 Å². The van der Waals surface area contributed by atoms with Crippen molar-refractivity contribution in [2.45, 2.75) is 81.8 Å². The number of benzene rings is 2. The normalized spacial score (nSPS) is 19.7. The van der Waals surface area contributed by atoms with E-state index in [1.165, 1.54) is 0 Å². The van der Waals surface area contributed by atoms with Crippen LogP contribution in [-0.4, -0.2) is 44.4 Å². The Labute approximate surface area is 215 Å². The van der Waals surface area contributed by atoms with Gasteiger partial charge in [0.25, 0.3) is 0 Å². The van der Waals surface area contributed by atoms with Crippen LogP contribution in [0.1, 0.15) is 76.0 Å². The summed E-state index contributed by atoms with van der Waals surface area (Å²) in [5.74, 6) is 1.34. The first-order valence-corrected chi connectivity index (χ1v) is 14.5. The molecular weight excluding hydrogens is 476 g/mol. The number of methoxy groups -OCH3 is 1. The second-order valence-corrected chi connectivity index (χ2v) is 11.7. The van der Waals surface area contributed by atoms with Crippen molar-refractivity contribution in [2.75, 3.05) is 20.2 Å². The van der Waals surface area contributed by atoms with Crippen LogP contribution in [0, 0.1) is 0 Å². The van der Waals surface area contributed by atoms with Gasteiger partial charge in [-0.25, -0.2) is 8.42 Å². The number of hydrogen-bond acceptors (Lipinski definition) is 5. The standard InChI is InChI=1S/C28H38N2O5S/c1-4-28(5-2)20-24(23-11-7-8-12-26(23)35-28)29-27(31)16-13-21-19-22(14-15-25(21)34-3)36(32,33)30-17-9-6-10-18-30/h7-8,11-12,14-15,19,24H,4-6,9-10,13,16-18,20H2,1-3H3,(H,29,31). The number of sulfonamides is 1. The summed E-state index contributed by atoms with van der Waals surface area (Å²) in [7, 11) is -2.00. The predicted molar refractivity (Wildman–Crippen MR) is 140 cm³/mol. The minimum absolute atomic E-state index is 0.0795. The number of hydrogen-bond donors (Lipinski definition) is 1. The van der Waals surface area contributed by atoms with Gasteiger partial charge in [-0.1, -0.05) is 38.5 Å². The van der Waals surface area contributed by atoms with Gasteiger partial charge in [0.2, 0.25) is 15.9 Å². The first-order chi connectivity index (χ1) is 17.3. The number of ether oxygens (including phenoxy) is 2. The van der Waals surface area contributed by atoms with Crippen LogP contribution < -0.4 is 14.8 Å². The third-order valence-corrected chi connectivity index (χ3v) is 9.54. The van der Waals surface area contributed by atoms with Gasteiger partial charge in [-0.15, -0.1) is 0 Å². The van der Waals surface area contributed by atoms with Gasteiger partial charge in [0.1, 0.15) is 17.1 Å². The van der Waals surface area contributed by atoms with E-state index in [0.29, 0.717) is 25.3 Å². The Balaban J connectivity index is 1.48. The van der Waals surface area contributed by atoms with E-state index in [0.717, 1.165) is 55.4 Å². The summed E-state index contributed by atoms with van der Waals surface area (Å²) in [5.41, 5.74) is 1.41. The van der Waals surface area contributed by atoms with Crippen LogP contribution in [0.5, 0.6) is 11.5 Å². The van der Waals surface area contributed by atoms with Crippen molar-refractivity contribution in [3.63, 3.8) is 0 Å². The van der Waals surface area contributed by atoms with Gasteiger partial charge in [0.15, 0.2) is 0 Å². The van der Waals surface area contributed by atoms with Gasteiger partial charge in [0, 0.05) is 31.5 Å². The lowest BCUT2D eigenvalue weighted by Gasteiger charge is -2.41. The Morgan fingerprint density at radius 1 is 1.11 bits per heavy atom. The Hall–Kier alpha value is -2.58. The van der Waals surface area contributed by atoms with Crippen LogP contribution in [0.4, 0.5) is 0 Å². The second-order valence-electron chi connectivity index (χ2n) is 9.79. The zero-order valence-corrected chi connectivity index (χ0v) is 22.4. The number of nitrogens with one attached hydrogen (secondary N) is 1. The summed E-state index contributed by atoms with van der Waals surface area (Å²) in [6.07, 6.45) is 5.88. The van der Waals surface area contributed by atoms with Gasteiger partial charge in [-0.2, -0.15) is 4.31 Å². The zero-order chi connectivity index (χ0) is 25.8. The van der Waals surface area contributed by atoms with Crippen LogP contribution in [0.15, 0.2) is 47.4 Å². The SMILES string of the molecule is CCC1(CC)CC(NC(=O)CCc2cc(S(=O)(=O)N3CCCCC3)ccc2OC)c2ccccc2O1. The molecule has 1 amide bonds. The van der Waals surface area contributed by atoms with Crippen molar-refractivity contribution in [1.82, 2.24) is 9.62 Å². The summed E-state index contributed by atoms with van der Waals surface area (Å²) < 4.78 is 39.7. The highest BCUT2D eigenvalue weighted by atomic mass is 32.2. The maximum atomic E-state index is 13.2. The zero-order valence-electron chi connectivity index (χ0n) is 21.6. The van der Waals surface area contributed by atoms with Crippen molar-refractivity contribution < 1.29 is 22.7 Å². The average molecular weight is 515 g/mol. The van der Waals surface area contributed by atoms with Gasteiger partial charge in [-0.05, 0) is 61.9 Å². The molecule has 1 fully saturated rings. The molecule has 0 saturated carbocycles. The number of carbonyl (C=O) groups is 1. The van der Waals surface area contributed by atoms with Crippen LogP contribution >= 0.6 is 0 Å². The van der Waals surface area contributed by atoms with Crippen molar-refractivity contribution in [1.29, 1.82) is 0 Å². The number of amides is 1. The molecule has 0 spiro atoms. The largest absolute Gasteiger partial charge is 0.496 e. The lowest BCUT2D eigenvalue weighted by molar-refractivity contribution is -0.122. The van der Waals surface area contributed by atoms with Crippen molar-refractivity contribution in [3.8, 4) is 11.5 Å². The molecule has 2 heterocycles. The molecule has 2 aromatic rings. The topological polar surface area (TPSA) is 84.9 Å². The average Bonchev–Trinajstić information content (AvgIpc) is 2.92. The molecule has 1 atom stereocenters. The fraction of sp³-hybridized carbons (Fsp3) is 0.536. The molecule has 0 radical (unpaired) electrons. The lowest BCUT2D eigenvalue weighted by Crippen LogP contribution is -2.44. The fourth-order valence-corrected chi connectivity index (χ4v) is 6.88. The van der Waals surface area contributed by atoms with Crippen LogP contribution in [0.2, 0.25) is 0 Å². The monoisotopic (exact) mass is 514 g/mol. The number of aryl methyl sites for hydroxylation is 1. The number of para-hydroxylation sites is 1. The first kappa shape index (κ1) is 26.5. The molecule has 1 unspecified atom stereocenters. The number of carbonyl (C=O) groups excluding carboxylic acids is 1. The Morgan fingerprint density at radius 2 is 1.83 bits per heavy atom. The molecule has 196 valence electrons. The van der Waals surface area contributed by atoms with Crippen LogP contribution in [0.3, 0.4) is 0 Å². The minimum atomic E-state index is -3.56. The van der Waals surface area contributed by atoms with Gasteiger partial charge in [-0.3, -0.25) is 4.79 Å². The molecule has 0 bridgehead atoms. The lowest BCUT2D eigenvalue weighted by atomic mass is 9.83. The maximum absolute atomic E-state index is 13.2. The molecule has 2 aliphatic rings. The molecule has 8 heteroatoms. The van der Waals surface area contributed by atoms with E-state index in [2.05, 4.69) is 19.2 Å². The Kier molecular flexibility index (Phi) is 8.25. The highest BCUT2D eigenvalue weighted by molar-refractivity contribution is 7.89. The molecule has 2 aliphatic heterocycles. The number of piperidine rings is 1. The van der Waals surface area contributed by atoms with Crippen LogP contribution in [0.25, 0.3) is 0 Å². The summed E-state index contributed by atoms with van der Waals surface area (Å²) >= 11 is 0.